The molecule has 1 fully saturated rings. The Morgan fingerprint density at radius 2 is 1.28 bits per heavy atom. The maximum Gasteiger partial charge on any atom is 0.227 e. The fraction of sp³-hybridized carbons (Fsp3) is 0.727. The summed E-state index contributed by atoms with van der Waals surface area (Å²) in [6.45, 7) is 14.5. The molecule has 0 aromatic carbocycles. The molecule has 8 nitrogen and oxygen atoms in total. The minimum Gasteiger partial charge on any atom is -0.351 e. The molecular weight excluding hydrogens is 447 g/mol. The molecule has 1 aliphatic rings. The summed E-state index contributed by atoms with van der Waals surface area (Å²) in [6.07, 6.45) is 7.31. The molecule has 0 saturated heterocycles. The van der Waals surface area contributed by atoms with Crippen LogP contribution in [0.2, 0.25) is 10.6 Å². The minimum absolute atomic E-state index is 0. The van der Waals surface area contributed by atoms with Crippen LogP contribution in [0.3, 0.4) is 0 Å². The summed E-state index contributed by atoms with van der Waals surface area (Å²) in [4.78, 5) is 24.5. The van der Waals surface area contributed by atoms with Crippen LogP contribution in [0.4, 0.5) is 11.9 Å². The quantitative estimate of drug-likeness (QED) is 0.510. The molecular formula is C22H38Cl2N8. The largest absolute Gasteiger partial charge is 0.351 e. The predicted molar refractivity (Wildman–Crippen MR) is 134 cm³/mol. The van der Waals surface area contributed by atoms with Crippen molar-refractivity contribution in [3.63, 3.8) is 0 Å². The van der Waals surface area contributed by atoms with Crippen molar-refractivity contribution >= 4 is 35.1 Å². The molecule has 0 aliphatic heterocycles. The Hall–Kier alpha value is -1.80. The second-order valence-corrected chi connectivity index (χ2v) is 10.9. The Bertz CT molecular complexity index is 843. The van der Waals surface area contributed by atoms with E-state index >= 15 is 0 Å². The number of nitrogens with one attached hydrogen (secondary N) is 2. The smallest absolute Gasteiger partial charge is 0.227 e. The van der Waals surface area contributed by atoms with E-state index in [1.165, 1.54) is 32.1 Å². The molecule has 2 N–H and O–H groups in total. The lowest BCUT2D eigenvalue weighted by Crippen LogP contribution is -2.36. The predicted octanol–water partition coefficient (Wildman–Crippen LogP) is 6.28. The summed E-state index contributed by atoms with van der Waals surface area (Å²) in [6, 6.07) is 0.497. The van der Waals surface area contributed by atoms with Gasteiger partial charge in [-0.3, -0.25) is 0 Å². The van der Waals surface area contributed by atoms with Gasteiger partial charge in [0.1, 0.15) is 11.6 Å². The molecule has 10 heteroatoms. The van der Waals surface area contributed by atoms with Gasteiger partial charge < -0.3 is 10.6 Å². The first kappa shape index (κ1) is 26.5. The van der Waals surface area contributed by atoms with Crippen LogP contribution >= 0.6 is 23.2 Å². The monoisotopic (exact) mass is 484 g/mol. The number of hydrogen-bond acceptors (Lipinski definition) is 8. The Morgan fingerprint density at radius 3 is 1.78 bits per heavy atom. The Balaban J connectivity index is 0.000000322. The maximum atomic E-state index is 5.81. The topological polar surface area (TPSA) is 101 Å². The minimum atomic E-state index is -0.0879. The zero-order valence-corrected chi connectivity index (χ0v) is 21.8. The summed E-state index contributed by atoms with van der Waals surface area (Å²) in [5.74, 6) is 2.43. The van der Waals surface area contributed by atoms with Gasteiger partial charge in [-0.15, -0.1) is 0 Å². The molecule has 0 unspecified atom stereocenters. The molecule has 1 aliphatic carbocycles. The lowest BCUT2D eigenvalue weighted by molar-refractivity contribution is 0.301. The van der Waals surface area contributed by atoms with Crippen molar-refractivity contribution in [3.05, 3.63) is 22.2 Å². The van der Waals surface area contributed by atoms with Gasteiger partial charge in [-0.2, -0.15) is 19.9 Å². The third-order valence-corrected chi connectivity index (χ3v) is 5.14. The number of aryl methyl sites for hydroxylation is 2. The normalized spacial score (nSPS) is 15.0. The summed E-state index contributed by atoms with van der Waals surface area (Å²) >= 11 is 11.6. The number of nitrogens with zero attached hydrogens (tertiary/aromatic N) is 6. The van der Waals surface area contributed by atoms with Gasteiger partial charge in [0.15, 0.2) is 0 Å². The number of anilines is 2. The third-order valence-electron chi connectivity index (χ3n) is 4.80. The van der Waals surface area contributed by atoms with Crippen LogP contribution in [0.15, 0.2) is 0 Å². The summed E-state index contributed by atoms with van der Waals surface area (Å²) < 4.78 is 0. The van der Waals surface area contributed by atoms with Gasteiger partial charge in [0, 0.05) is 13.0 Å². The highest BCUT2D eigenvalue weighted by Gasteiger charge is 2.26. The van der Waals surface area contributed by atoms with E-state index in [4.69, 9.17) is 23.2 Å². The van der Waals surface area contributed by atoms with Gasteiger partial charge in [0.25, 0.3) is 0 Å². The van der Waals surface area contributed by atoms with E-state index in [1.54, 1.807) is 6.92 Å². The molecule has 3 rings (SSSR count). The molecule has 0 bridgehead atoms. The first-order valence-corrected chi connectivity index (χ1v) is 11.9. The van der Waals surface area contributed by atoms with Gasteiger partial charge in [0.2, 0.25) is 22.5 Å². The Labute approximate surface area is 203 Å². The molecule has 0 atom stereocenters. The van der Waals surface area contributed by atoms with Crippen LogP contribution in [-0.4, -0.2) is 41.5 Å². The van der Waals surface area contributed by atoms with E-state index in [-0.39, 0.29) is 22.9 Å². The Kier molecular flexibility index (Phi) is 9.40. The summed E-state index contributed by atoms with van der Waals surface area (Å²) in [5, 5.41) is 7.12. The van der Waals surface area contributed by atoms with Crippen LogP contribution in [0.5, 0.6) is 0 Å². The van der Waals surface area contributed by atoms with Crippen LogP contribution in [-0.2, 0) is 0 Å². The van der Waals surface area contributed by atoms with Gasteiger partial charge in [-0.1, -0.05) is 40.0 Å². The van der Waals surface area contributed by atoms with Crippen molar-refractivity contribution < 1.29 is 1.43 Å². The van der Waals surface area contributed by atoms with Gasteiger partial charge >= 0.3 is 0 Å². The molecule has 2 aromatic heterocycles. The number of aromatic nitrogens is 6. The third kappa shape index (κ3) is 10.2. The highest BCUT2D eigenvalue weighted by atomic mass is 35.5. The highest BCUT2D eigenvalue weighted by molar-refractivity contribution is 6.28. The molecule has 0 radical (unpaired) electrons. The van der Waals surface area contributed by atoms with E-state index in [0.29, 0.717) is 29.6 Å². The van der Waals surface area contributed by atoms with Crippen molar-refractivity contribution in [1.82, 2.24) is 29.9 Å². The summed E-state index contributed by atoms with van der Waals surface area (Å²) in [7, 11) is 0. The first-order valence-electron chi connectivity index (χ1n) is 11.1. The van der Waals surface area contributed by atoms with Gasteiger partial charge in [0.05, 0.1) is 0 Å². The van der Waals surface area contributed by atoms with E-state index in [9.17, 15) is 0 Å². The molecule has 0 spiro atoms. The Morgan fingerprint density at radius 1 is 0.781 bits per heavy atom. The van der Waals surface area contributed by atoms with Crippen LogP contribution < -0.4 is 10.6 Å². The fourth-order valence-corrected chi connectivity index (χ4v) is 4.53. The summed E-state index contributed by atoms with van der Waals surface area (Å²) in [5.41, 5.74) is 0.151. The van der Waals surface area contributed by atoms with Crippen LogP contribution in [0.25, 0.3) is 0 Å². The lowest BCUT2D eigenvalue weighted by Gasteiger charge is -2.33. The molecule has 2 heterocycles. The van der Waals surface area contributed by atoms with E-state index in [2.05, 4.69) is 75.2 Å². The van der Waals surface area contributed by atoms with E-state index in [0.717, 1.165) is 6.42 Å². The lowest BCUT2D eigenvalue weighted by atomic mass is 9.82. The number of rotatable bonds is 5. The fourth-order valence-electron chi connectivity index (χ4n) is 4.12. The maximum absolute atomic E-state index is 5.81. The van der Waals surface area contributed by atoms with Gasteiger partial charge in [-0.25, -0.2) is 9.97 Å². The standard InChI is InChI=1S/C12H21ClN4.C10H15ClN4.H2/c1-8-14-9(13)16-10(15-8)17-12(5,6)7-11(2,3)4;1-7-12-9(11)15-10(13-7)14-8-5-3-2-4-6-8;/h7H2,1-6H3,(H,14,15,16,17);8H,2-6H2,1H3,(H,12,13,14,15);1H. The molecule has 2 aromatic rings. The van der Waals surface area contributed by atoms with Crippen molar-refractivity contribution in [1.29, 1.82) is 0 Å². The molecule has 32 heavy (non-hydrogen) atoms. The van der Waals surface area contributed by atoms with Crippen molar-refractivity contribution in [2.75, 3.05) is 10.6 Å². The molecule has 180 valence electrons. The number of halogens is 2. The first-order chi connectivity index (χ1) is 14.8. The highest BCUT2D eigenvalue weighted by Crippen LogP contribution is 2.29. The van der Waals surface area contributed by atoms with E-state index in [1.807, 2.05) is 6.92 Å². The second kappa shape index (κ2) is 11.4. The molecule has 1 saturated carbocycles. The average Bonchev–Trinajstić information content (AvgIpc) is 2.58. The van der Waals surface area contributed by atoms with Crippen molar-refractivity contribution in [2.24, 2.45) is 5.41 Å². The van der Waals surface area contributed by atoms with Crippen LogP contribution in [0, 0.1) is 19.3 Å². The van der Waals surface area contributed by atoms with Crippen molar-refractivity contribution in [2.45, 2.75) is 98.6 Å². The average molecular weight is 486 g/mol. The van der Waals surface area contributed by atoms with Crippen LogP contribution in [0.1, 0.15) is 86.2 Å². The zero-order valence-electron chi connectivity index (χ0n) is 20.3. The van der Waals surface area contributed by atoms with Gasteiger partial charge in [-0.05, 0) is 75.6 Å². The second-order valence-electron chi connectivity index (χ2n) is 10.2. The van der Waals surface area contributed by atoms with Crippen molar-refractivity contribution in [3.8, 4) is 0 Å². The number of hydrogen-bond donors (Lipinski definition) is 2. The molecule has 0 amide bonds. The zero-order chi connectivity index (χ0) is 23.9. The SMILES string of the molecule is Cc1nc(Cl)nc(NC(C)(C)CC(C)(C)C)n1.Cc1nc(Cl)nc(NC2CCCCC2)n1.[HH]. The van der Waals surface area contributed by atoms with E-state index < -0.39 is 0 Å².